The van der Waals surface area contributed by atoms with E-state index in [4.69, 9.17) is 4.42 Å². The number of hydrogen-bond acceptors (Lipinski definition) is 4. The molecule has 0 aromatic carbocycles. The van der Waals surface area contributed by atoms with Gasteiger partial charge in [-0.25, -0.2) is 0 Å². The second-order valence-electron chi connectivity index (χ2n) is 8.09. The topological polar surface area (TPSA) is 48.7 Å². The van der Waals surface area contributed by atoms with Crippen molar-refractivity contribution >= 4 is 5.91 Å². The largest absolute Gasteiger partial charge is 0.469 e. The van der Waals surface area contributed by atoms with Crippen molar-refractivity contribution in [2.45, 2.75) is 46.1 Å². The smallest absolute Gasteiger partial charge is 0.254 e. The molecule has 25 heavy (non-hydrogen) atoms. The molecule has 0 saturated carbocycles. The molecule has 0 aliphatic carbocycles. The van der Waals surface area contributed by atoms with E-state index in [9.17, 15) is 4.79 Å². The van der Waals surface area contributed by atoms with Crippen molar-refractivity contribution in [2.24, 2.45) is 11.8 Å². The zero-order chi connectivity index (χ0) is 17.8. The number of nitrogens with zero attached hydrogens (tertiary/aromatic N) is 2. The Balaban J connectivity index is 1.36. The first-order valence-electron chi connectivity index (χ1n) is 9.81. The summed E-state index contributed by atoms with van der Waals surface area (Å²) in [6.07, 6.45) is 5.42. The van der Waals surface area contributed by atoms with E-state index in [0.29, 0.717) is 23.3 Å². The first-order valence-corrected chi connectivity index (χ1v) is 9.81. The summed E-state index contributed by atoms with van der Waals surface area (Å²) in [4.78, 5) is 17.4. The minimum Gasteiger partial charge on any atom is -0.469 e. The summed E-state index contributed by atoms with van der Waals surface area (Å²) >= 11 is 0. The second kappa shape index (κ2) is 8.37. The molecule has 1 aromatic rings. The molecular formula is C20H33N3O2. The summed E-state index contributed by atoms with van der Waals surface area (Å²) in [6, 6.07) is 2.43. The number of rotatable bonds is 6. The van der Waals surface area contributed by atoms with Crippen molar-refractivity contribution in [3.05, 3.63) is 23.7 Å². The van der Waals surface area contributed by atoms with Gasteiger partial charge in [-0.05, 0) is 77.6 Å². The van der Waals surface area contributed by atoms with Gasteiger partial charge >= 0.3 is 0 Å². The molecule has 1 amide bonds. The van der Waals surface area contributed by atoms with Crippen molar-refractivity contribution in [1.82, 2.24) is 15.1 Å². The van der Waals surface area contributed by atoms with Gasteiger partial charge in [-0.1, -0.05) is 0 Å². The fraction of sp³-hybridized carbons (Fsp3) is 0.750. The molecule has 0 bridgehead atoms. The average Bonchev–Trinajstić information content (AvgIpc) is 3.22. The van der Waals surface area contributed by atoms with Crippen LogP contribution in [-0.2, 0) is 0 Å². The molecule has 1 atom stereocenters. The summed E-state index contributed by atoms with van der Waals surface area (Å²) in [6.45, 7) is 13.2. The number of carbonyl (C=O) groups excluding carboxylic acids is 1. The first kappa shape index (κ1) is 18.5. The Labute approximate surface area is 151 Å². The van der Waals surface area contributed by atoms with Crippen molar-refractivity contribution in [3.63, 3.8) is 0 Å². The van der Waals surface area contributed by atoms with E-state index in [0.717, 1.165) is 19.0 Å². The summed E-state index contributed by atoms with van der Waals surface area (Å²) in [5.74, 6) is 2.10. The van der Waals surface area contributed by atoms with E-state index in [1.165, 1.54) is 45.4 Å². The number of aryl methyl sites for hydroxylation is 1. The Morgan fingerprint density at radius 3 is 2.60 bits per heavy atom. The zero-order valence-electron chi connectivity index (χ0n) is 16.0. The highest BCUT2D eigenvalue weighted by atomic mass is 16.3. The lowest BCUT2D eigenvalue weighted by atomic mass is 9.95. The minimum absolute atomic E-state index is 0.00856. The van der Waals surface area contributed by atoms with Gasteiger partial charge in [0.15, 0.2) is 0 Å². The lowest BCUT2D eigenvalue weighted by molar-refractivity contribution is 0.0944. The molecule has 2 saturated heterocycles. The van der Waals surface area contributed by atoms with E-state index < -0.39 is 0 Å². The summed E-state index contributed by atoms with van der Waals surface area (Å²) in [7, 11) is 0. The quantitative estimate of drug-likeness (QED) is 0.860. The lowest BCUT2D eigenvalue weighted by Crippen LogP contribution is -2.41. The number of amides is 1. The van der Waals surface area contributed by atoms with Gasteiger partial charge < -0.3 is 19.5 Å². The summed E-state index contributed by atoms with van der Waals surface area (Å²) < 4.78 is 5.21. The van der Waals surface area contributed by atoms with Gasteiger partial charge in [-0.3, -0.25) is 4.79 Å². The molecule has 5 nitrogen and oxygen atoms in total. The van der Waals surface area contributed by atoms with E-state index >= 15 is 0 Å². The highest BCUT2D eigenvalue weighted by Gasteiger charge is 2.27. The molecule has 3 rings (SSSR count). The predicted octanol–water partition coefficient (Wildman–Crippen LogP) is 2.76. The van der Waals surface area contributed by atoms with E-state index in [-0.39, 0.29) is 5.91 Å². The van der Waals surface area contributed by atoms with Crippen LogP contribution in [0.3, 0.4) is 0 Å². The Hall–Kier alpha value is -1.33. The maximum Gasteiger partial charge on any atom is 0.254 e. The molecule has 140 valence electrons. The van der Waals surface area contributed by atoms with Gasteiger partial charge in [-0.2, -0.15) is 0 Å². The molecule has 0 radical (unpaired) electrons. The van der Waals surface area contributed by atoms with Crippen molar-refractivity contribution in [1.29, 1.82) is 0 Å². The van der Waals surface area contributed by atoms with Crippen LogP contribution in [0.15, 0.2) is 16.7 Å². The Bertz CT molecular complexity index is 561. The molecular weight excluding hydrogens is 314 g/mol. The Morgan fingerprint density at radius 1 is 1.24 bits per heavy atom. The standard InChI is InChI=1S/C20H33N3O2/c1-15(2)23-9-5-17(6-10-23)13-22-8-4-18(14-22)12-21-20(24)19-7-11-25-16(19)3/h7,11,15,17-18H,4-6,8-10,12-14H2,1-3H3,(H,21,24). The lowest BCUT2D eigenvalue weighted by Gasteiger charge is -2.36. The normalized spacial score (nSPS) is 23.4. The van der Waals surface area contributed by atoms with Gasteiger partial charge in [0.2, 0.25) is 0 Å². The third-order valence-corrected chi connectivity index (χ3v) is 5.92. The predicted molar refractivity (Wildman–Crippen MR) is 99.8 cm³/mol. The van der Waals surface area contributed by atoms with Crippen LogP contribution in [0, 0.1) is 18.8 Å². The molecule has 2 fully saturated rings. The average molecular weight is 348 g/mol. The molecule has 2 aliphatic rings. The van der Waals surface area contributed by atoms with Crippen LogP contribution in [0.4, 0.5) is 0 Å². The number of likely N-dealkylation sites (tertiary alicyclic amines) is 2. The number of carbonyl (C=O) groups is 1. The number of furan rings is 1. The fourth-order valence-electron chi connectivity index (χ4n) is 4.22. The molecule has 1 unspecified atom stereocenters. The van der Waals surface area contributed by atoms with Gasteiger partial charge in [0.25, 0.3) is 5.91 Å². The van der Waals surface area contributed by atoms with Crippen LogP contribution < -0.4 is 5.32 Å². The van der Waals surface area contributed by atoms with E-state index in [2.05, 4.69) is 29.0 Å². The SMILES string of the molecule is Cc1occc1C(=O)NCC1CCN(CC2CCN(C(C)C)CC2)C1. The van der Waals surface area contributed by atoms with E-state index in [1.54, 1.807) is 12.3 Å². The van der Waals surface area contributed by atoms with Crippen molar-refractivity contribution < 1.29 is 9.21 Å². The monoisotopic (exact) mass is 347 g/mol. The summed E-state index contributed by atoms with van der Waals surface area (Å²) in [5.41, 5.74) is 0.659. The third-order valence-electron chi connectivity index (χ3n) is 5.92. The first-order chi connectivity index (χ1) is 12.0. The Kier molecular flexibility index (Phi) is 6.18. The molecule has 1 N–H and O–H groups in total. The van der Waals surface area contributed by atoms with Gasteiger partial charge in [-0.15, -0.1) is 0 Å². The van der Waals surface area contributed by atoms with Crippen molar-refractivity contribution in [2.75, 3.05) is 39.3 Å². The zero-order valence-corrected chi connectivity index (χ0v) is 16.0. The molecule has 1 aromatic heterocycles. The van der Waals surface area contributed by atoms with E-state index in [1.807, 2.05) is 6.92 Å². The molecule has 5 heteroatoms. The van der Waals surface area contributed by atoms with Crippen LogP contribution in [0.2, 0.25) is 0 Å². The fourth-order valence-corrected chi connectivity index (χ4v) is 4.22. The van der Waals surface area contributed by atoms with Crippen LogP contribution in [0.1, 0.15) is 49.2 Å². The number of hydrogen-bond donors (Lipinski definition) is 1. The second-order valence-corrected chi connectivity index (χ2v) is 8.09. The van der Waals surface area contributed by atoms with Gasteiger partial charge in [0.05, 0.1) is 11.8 Å². The minimum atomic E-state index is -0.00856. The third kappa shape index (κ3) is 4.85. The van der Waals surface area contributed by atoms with Crippen LogP contribution in [0.25, 0.3) is 0 Å². The maximum atomic E-state index is 12.2. The summed E-state index contributed by atoms with van der Waals surface area (Å²) in [5, 5.41) is 3.08. The maximum absolute atomic E-state index is 12.2. The molecule has 0 spiro atoms. The van der Waals surface area contributed by atoms with Gasteiger partial charge in [0.1, 0.15) is 5.76 Å². The number of piperidine rings is 1. The highest BCUT2D eigenvalue weighted by Crippen LogP contribution is 2.23. The highest BCUT2D eigenvalue weighted by molar-refractivity contribution is 5.95. The van der Waals surface area contributed by atoms with Crippen LogP contribution in [-0.4, -0.2) is 61.0 Å². The van der Waals surface area contributed by atoms with Crippen LogP contribution in [0.5, 0.6) is 0 Å². The van der Waals surface area contributed by atoms with Crippen LogP contribution >= 0.6 is 0 Å². The van der Waals surface area contributed by atoms with Gasteiger partial charge in [0, 0.05) is 25.7 Å². The molecule has 3 heterocycles. The Morgan fingerprint density at radius 2 is 1.96 bits per heavy atom. The molecule has 2 aliphatic heterocycles. The number of nitrogens with one attached hydrogen (secondary N) is 1. The van der Waals surface area contributed by atoms with Crippen molar-refractivity contribution in [3.8, 4) is 0 Å².